The molecule has 112 valence electrons. The Kier molecular flexibility index (Phi) is 4.26. The zero-order chi connectivity index (χ0) is 14.8. The number of H-pyrrole nitrogens is 1. The third-order valence-electron chi connectivity index (χ3n) is 3.17. The topological polar surface area (TPSA) is 79.9 Å². The van der Waals surface area contributed by atoms with Crippen molar-refractivity contribution in [2.45, 2.75) is 38.5 Å². The first-order chi connectivity index (χ1) is 9.41. The zero-order valence-electron chi connectivity index (χ0n) is 10.8. The number of anilines is 1. The maximum Gasteiger partial charge on any atom is 0.451 e. The molecule has 1 amide bonds. The number of ether oxygens (including phenoxy) is 1. The van der Waals surface area contributed by atoms with Gasteiger partial charge in [-0.25, -0.2) is 0 Å². The van der Waals surface area contributed by atoms with Crippen LogP contribution in [0, 0.1) is 5.92 Å². The Morgan fingerprint density at radius 1 is 1.55 bits per heavy atom. The van der Waals surface area contributed by atoms with E-state index in [9.17, 15) is 18.0 Å². The summed E-state index contributed by atoms with van der Waals surface area (Å²) in [7, 11) is 0. The second kappa shape index (κ2) is 5.78. The zero-order valence-corrected chi connectivity index (χ0v) is 10.8. The lowest BCUT2D eigenvalue weighted by Gasteiger charge is -2.29. The molecule has 20 heavy (non-hydrogen) atoms. The van der Waals surface area contributed by atoms with Gasteiger partial charge in [0, 0.05) is 6.61 Å². The van der Waals surface area contributed by atoms with Gasteiger partial charge in [-0.15, -0.1) is 5.10 Å². The van der Waals surface area contributed by atoms with E-state index in [1.54, 1.807) is 5.10 Å². The molecule has 0 aliphatic carbocycles. The molecule has 1 aliphatic rings. The Balaban J connectivity index is 2.02. The van der Waals surface area contributed by atoms with Crippen molar-refractivity contribution in [2.24, 2.45) is 5.92 Å². The van der Waals surface area contributed by atoms with Crippen molar-refractivity contribution in [1.29, 1.82) is 0 Å². The first-order valence-electron chi connectivity index (χ1n) is 6.34. The lowest BCUT2D eigenvalue weighted by atomic mass is 9.92. The second-order valence-electron chi connectivity index (χ2n) is 4.56. The number of nitrogens with one attached hydrogen (secondary N) is 2. The van der Waals surface area contributed by atoms with Crippen LogP contribution in [0.5, 0.6) is 0 Å². The van der Waals surface area contributed by atoms with Crippen molar-refractivity contribution < 1.29 is 22.7 Å². The van der Waals surface area contributed by atoms with Crippen LogP contribution in [0.2, 0.25) is 0 Å². The number of rotatable bonds is 3. The summed E-state index contributed by atoms with van der Waals surface area (Å²) in [6.07, 6.45) is -2.78. The summed E-state index contributed by atoms with van der Waals surface area (Å²) in [5, 5.41) is 7.38. The number of amides is 1. The Bertz CT molecular complexity index is 474. The van der Waals surface area contributed by atoms with E-state index >= 15 is 0 Å². The monoisotopic (exact) mass is 292 g/mol. The maximum atomic E-state index is 12.3. The molecule has 9 heteroatoms. The van der Waals surface area contributed by atoms with Gasteiger partial charge in [0.1, 0.15) is 0 Å². The van der Waals surface area contributed by atoms with Crippen LogP contribution in [0.3, 0.4) is 0 Å². The number of hydrogen-bond acceptors (Lipinski definition) is 4. The molecule has 1 saturated heterocycles. The van der Waals surface area contributed by atoms with Gasteiger partial charge in [-0.2, -0.15) is 18.2 Å². The van der Waals surface area contributed by atoms with Crippen LogP contribution in [-0.2, 0) is 15.7 Å². The fraction of sp³-hybridized carbons (Fsp3) is 0.727. The summed E-state index contributed by atoms with van der Waals surface area (Å²) in [4.78, 5) is 15.2. The minimum atomic E-state index is -4.62. The Labute approximate surface area is 113 Å². The summed E-state index contributed by atoms with van der Waals surface area (Å²) in [5.41, 5.74) is 0. The van der Waals surface area contributed by atoms with E-state index in [2.05, 4.69) is 15.4 Å². The van der Waals surface area contributed by atoms with E-state index in [4.69, 9.17) is 4.74 Å². The molecule has 2 atom stereocenters. The largest absolute Gasteiger partial charge is 0.451 e. The van der Waals surface area contributed by atoms with Crippen molar-refractivity contribution in [3.8, 4) is 0 Å². The summed E-state index contributed by atoms with van der Waals surface area (Å²) < 4.78 is 42.5. The van der Waals surface area contributed by atoms with Gasteiger partial charge in [0.2, 0.25) is 17.7 Å². The summed E-state index contributed by atoms with van der Waals surface area (Å²) >= 11 is 0. The third kappa shape index (κ3) is 3.27. The van der Waals surface area contributed by atoms with Crippen LogP contribution in [0.1, 0.15) is 32.0 Å². The van der Waals surface area contributed by atoms with Crippen LogP contribution in [0.4, 0.5) is 19.1 Å². The Morgan fingerprint density at radius 2 is 2.30 bits per heavy atom. The molecule has 2 unspecified atom stereocenters. The van der Waals surface area contributed by atoms with Gasteiger partial charge in [-0.1, -0.05) is 6.92 Å². The summed E-state index contributed by atoms with van der Waals surface area (Å²) in [6.45, 7) is 2.49. The normalized spacial score (nSPS) is 23.6. The van der Waals surface area contributed by atoms with E-state index in [1.165, 1.54) is 0 Å². The number of aromatic amines is 1. The number of alkyl halides is 3. The third-order valence-corrected chi connectivity index (χ3v) is 3.17. The molecule has 1 fully saturated rings. The smallest absolute Gasteiger partial charge is 0.377 e. The number of halogens is 3. The van der Waals surface area contributed by atoms with Crippen molar-refractivity contribution in [1.82, 2.24) is 15.2 Å². The minimum Gasteiger partial charge on any atom is -0.377 e. The van der Waals surface area contributed by atoms with E-state index in [-0.39, 0.29) is 18.0 Å². The van der Waals surface area contributed by atoms with E-state index in [1.807, 2.05) is 6.92 Å². The highest BCUT2D eigenvalue weighted by molar-refractivity contribution is 5.91. The predicted octanol–water partition coefficient (Wildman–Crippen LogP) is 1.97. The van der Waals surface area contributed by atoms with Crippen LogP contribution >= 0.6 is 0 Å². The molecule has 1 aromatic rings. The highest BCUT2D eigenvalue weighted by Crippen LogP contribution is 2.27. The van der Waals surface area contributed by atoms with Gasteiger partial charge in [0.15, 0.2) is 0 Å². The first-order valence-corrected chi connectivity index (χ1v) is 6.34. The quantitative estimate of drug-likeness (QED) is 0.892. The van der Waals surface area contributed by atoms with Gasteiger partial charge >= 0.3 is 6.18 Å². The number of nitrogens with zero attached hydrogens (tertiary/aromatic N) is 2. The van der Waals surface area contributed by atoms with Crippen molar-refractivity contribution in [2.75, 3.05) is 11.9 Å². The fourth-order valence-corrected chi connectivity index (χ4v) is 2.19. The van der Waals surface area contributed by atoms with Gasteiger partial charge < -0.3 is 4.74 Å². The first kappa shape index (κ1) is 14.8. The van der Waals surface area contributed by atoms with Crippen LogP contribution in [-0.4, -0.2) is 33.8 Å². The van der Waals surface area contributed by atoms with Crippen LogP contribution in [0.25, 0.3) is 0 Å². The average Bonchev–Trinajstić information content (AvgIpc) is 2.87. The molecular weight excluding hydrogens is 277 g/mol. The van der Waals surface area contributed by atoms with Crippen molar-refractivity contribution in [3.05, 3.63) is 5.82 Å². The lowest BCUT2D eigenvalue weighted by Crippen LogP contribution is -2.38. The number of carbonyl (C=O) groups excluding carboxylic acids is 1. The standard InChI is InChI=1S/C11H15F3N4O2/c1-2-7-6(4-3-5-20-7)8(19)15-10-16-9(17-18-10)11(12,13)14/h6-7H,2-5H2,1H3,(H2,15,16,17,18,19). The highest BCUT2D eigenvalue weighted by atomic mass is 19.4. The molecule has 0 radical (unpaired) electrons. The van der Waals surface area contributed by atoms with E-state index in [0.29, 0.717) is 19.4 Å². The number of hydrogen-bond donors (Lipinski definition) is 2. The number of carbonyl (C=O) groups is 1. The highest BCUT2D eigenvalue weighted by Gasteiger charge is 2.36. The SMILES string of the molecule is CCC1OCCCC1C(=O)Nc1n[nH]c(C(F)(F)F)n1. The van der Waals surface area contributed by atoms with Gasteiger partial charge in [-0.3, -0.25) is 15.2 Å². The molecule has 0 saturated carbocycles. The number of aromatic nitrogens is 3. The van der Waals surface area contributed by atoms with Gasteiger partial charge in [0.25, 0.3) is 0 Å². The van der Waals surface area contributed by atoms with Crippen molar-refractivity contribution in [3.63, 3.8) is 0 Å². The predicted molar refractivity (Wildman–Crippen MR) is 62.8 cm³/mol. The van der Waals surface area contributed by atoms with Crippen LogP contribution in [0.15, 0.2) is 0 Å². The molecule has 1 aromatic heterocycles. The molecule has 1 aliphatic heterocycles. The maximum absolute atomic E-state index is 12.3. The summed E-state index contributed by atoms with van der Waals surface area (Å²) in [6, 6.07) is 0. The van der Waals surface area contributed by atoms with E-state index < -0.39 is 17.9 Å². The van der Waals surface area contributed by atoms with E-state index in [0.717, 1.165) is 6.42 Å². The average molecular weight is 292 g/mol. The Hall–Kier alpha value is -1.64. The fourth-order valence-electron chi connectivity index (χ4n) is 2.19. The Morgan fingerprint density at radius 3 is 2.90 bits per heavy atom. The van der Waals surface area contributed by atoms with Gasteiger partial charge in [-0.05, 0) is 19.3 Å². The molecule has 2 heterocycles. The molecule has 2 rings (SSSR count). The van der Waals surface area contributed by atoms with Crippen LogP contribution < -0.4 is 5.32 Å². The molecule has 0 spiro atoms. The van der Waals surface area contributed by atoms with Gasteiger partial charge in [0.05, 0.1) is 12.0 Å². The molecule has 6 nitrogen and oxygen atoms in total. The molecular formula is C11H15F3N4O2. The summed E-state index contributed by atoms with van der Waals surface area (Å²) in [5.74, 6) is -2.41. The molecule has 0 bridgehead atoms. The second-order valence-corrected chi connectivity index (χ2v) is 4.56. The lowest BCUT2D eigenvalue weighted by molar-refractivity contribution is -0.144. The minimum absolute atomic E-state index is 0.218. The molecule has 0 aromatic carbocycles. The van der Waals surface area contributed by atoms with Crippen molar-refractivity contribution >= 4 is 11.9 Å². The molecule has 2 N–H and O–H groups in total.